The molecule has 0 saturated heterocycles. The van der Waals surface area contributed by atoms with Gasteiger partial charge in [-0.05, 0) is 19.3 Å². The molecule has 2 atom stereocenters. The maximum atomic E-state index is 10.3. The largest absolute Gasteiger partial charge is 0.481 e. The standard InChI is InChI=1S/C18H28O4/c1-2-3-4-5-6-9-12-16(19)13-10-7-8-11-14-17(20)15-18(21)22/h6-11,13-14,16-17,19-20H,2-5,12,15H2,1H3,(H,21,22)/b8-7+,9-6-,13-10+,14-11-. The fourth-order valence-corrected chi connectivity index (χ4v) is 1.70. The molecule has 0 spiro atoms. The first-order chi connectivity index (χ1) is 10.6. The van der Waals surface area contributed by atoms with Crippen LogP contribution in [0.1, 0.15) is 45.4 Å². The first-order valence-corrected chi connectivity index (χ1v) is 7.80. The highest BCUT2D eigenvalue weighted by atomic mass is 16.4. The van der Waals surface area contributed by atoms with Gasteiger partial charge < -0.3 is 15.3 Å². The third-order valence-corrected chi connectivity index (χ3v) is 2.90. The van der Waals surface area contributed by atoms with E-state index in [2.05, 4.69) is 13.0 Å². The zero-order chi connectivity index (χ0) is 16.6. The highest BCUT2D eigenvalue weighted by Gasteiger charge is 2.03. The third kappa shape index (κ3) is 14.8. The highest BCUT2D eigenvalue weighted by Crippen LogP contribution is 2.02. The van der Waals surface area contributed by atoms with Crippen LogP contribution in [0.4, 0.5) is 0 Å². The number of aliphatic hydroxyl groups is 2. The molecule has 2 unspecified atom stereocenters. The number of unbranched alkanes of at least 4 members (excludes halogenated alkanes) is 3. The monoisotopic (exact) mass is 308 g/mol. The van der Waals surface area contributed by atoms with Crippen molar-refractivity contribution < 1.29 is 20.1 Å². The van der Waals surface area contributed by atoms with E-state index >= 15 is 0 Å². The second-order valence-corrected chi connectivity index (χ2v) is 5.09. The summed E-state index contributed by atoms with van der Waals surface area (Å²) in [6, 6.07) is 0. The van der Waals surface area contributed by atoms with Crippen LogP contribution in [0.2, 0.25) is 0 Å². The normalized spacial score (nSPS) is 15.4. The summed E-state index contributed by atoms with van der Waals surface area (Å²) in [7, 11) is 0. The second-order valence-electron chi connectivity index (χ2n) is 5.09. The van der Waals surface area contributed by atoms with Gasteiger partial charge in [0.25, 0.3) is 0 Å². The quantitative estimate of drug-likeness (QED) is 0.293. The van der Waals surface area contributed by atoms with Crippen molar-refractivity contribution in [2.24, 2.45) is 0 Å². The van der Waals surface area contributed by atoms with Gasteiger partial charge in [-0.2, -0.15) is 0 Å². The minimum atomic E-state index is -1.04. The summed E-state index contributed by atoms with van der Waals surface area (Å²) in [5.74, 6) is -1.04. The average Bonchev–Trinajstić information content (AvgIpc) is 2.45. The summed E-state index contributed by atoms with van der Waals surface area (Å²) < 4.78 is 0. The molecule has 0 fully saturated rings. The van der Waals surface area contributed by atoms with Crippen molar-refractivity contribution in [3.8, 4) is 0 Å². The fraction of sp³-hybridized carbons (Fsp3) is 0.500. The molecule has 4 heteroatoms. The van der Waals surface area contributed by atoms with Gasteiger partial charge in [-0.25, -0.2) is 0 Å². The van der Waals surface area contributed by atoms with E-state index in [4.69, 9.17) is 5.11 Å². The molecule has 0 aromatic rings. The van der Waals surface area contributed by atoms with Gasteiger partial charge in [0, 0.05) is 0 Å². The molecular weight excluding hydrogens is 280 g/mol. The molecule has 0 aliphatic carbocycles. The molecule has 4 nitrogen and oxygen atoms in total. The Hall–Kier alpha value is -1.65. The predicted molar refractivity (Wildman–Crippen MR) is 89.6 cm³/mol. The summed E-state index contributed by atoms with van der Waals surface area (Å²) in [6.07, 6.45) is 17.4. The first kappa shape index (κ1) is 20.3. The Kier molecular flexibility index (Phi) is 13.2. The summed E-state index contributed by atoms with van der Waals surface area (Å²) >= 11 is 0. The predicted octanol–water partition coefficient (Wildman–Crippen LogP) is 3.38. The van der Waals surface area contributed by atoms with E-state index in [1.165, 1.54) is 25.3 Å². The van der Waals surface area contributed by atoms with Crippen LogP contribution in [0.3, 0.4) is 0 Å². The van der Waals surface area contributed by atoms with Crippen molar-refractivity contribution in [3.63, 3.8) is 0 Å². The molecule has 22 heavy (non-hydrogen) atoms. The Morgan fingerprint density at radius 3 is 2.18 bits per heavy atom. The van der Waals surface area contributed by atoms with Gasteiger partial charge in [0.15, 0.2) is 0 Å². The van der Waals surface area contributed by atoms with Crippen LogP contribution in [0.15, 0.2) is 48.6 Å². The van der Waals surface area contributed by atoms with Crippen molar-refractivity contribution >= 4 is 5.97 Å². The number of rotatable bonds is 12. The minimum absolute atomic E-state index is 0.302. The molecule has 0 bridgehead atoms. The topological polar surface area (TPSA) is 77.8 Å². The Bertz CT molecular complexity index is 394. The van der Waals surface area contributed by atoms with Crippen LogP contribution in [0.5, 0.6) is 0 Å². The number of aliphatic carboxylic acids is 1. The SMILES string of the molecule is CCCCC/C=C\CC(O)/C=C/C=C/C=C\C(O)CC(=O)O. The number of hydrogen-bond acceptors (Lipinski definition) is 3. The maximum Gasteiger partial charge on any atom is 0.306 e. The number of carboxylic acid groups (broad SMARTS) is 1. The number of allylic oxidation sites excluding steroid dienone is 5. The minimum Gasteiger partial charge on any atom is -0.481 e. The number of carbonyl (C=O) groups is 1. The van der Waals surface area contributed by atoms with Crippen molar-refractivity contribution in [1.82, 2.24) is 0 Å². The highest BCUT2D eigenvalue weighted by molar-refractivity contribution is 5.67. The van der Waals surface area contributed by atoms with E-state index in [0.29, 0.717) is 6.42 Å². The first-order valence-electron chi connectivity index (χ1n) is 7.80. The molecule has 124 valence electrons. The molecule has 0 heterocycles. The van der Waals surface area contributed by atoms with Crippen LogP contribution >= 0.6 is 0 Å². The van der Waals surface area contributed by atoms with Crippen LogP contribution in [-0.2, 0) is 4.79 Å². The fourth-order valence-electron chi connectivity index (χ4n) is 1.70. The smallest absolute Gasteiger partial charge is 0.306 e. The van der Waals surface area contributed by atoms with Gasteiger partial charge in [0.2, 0.25) is 0 Å². The van der Waals surface area contributed by atoms with Crippen molar-refractivity contribution in [2.45, 2.75) is 57.7 Å². The van der Waals surface area contributed by atoms with Crippen molar-refractivity contribution in [1.29, 1.82) is 0 Å². The molecule has 3 N–H and O–H groups in total. The lowest BCUT2D eigenvalue weighted by atomic mass is 10.1. The number of hydrogen-bond donors (Lipinski definition) is 3. The molecule has 0 aliphatic rings. The molecule has 0 rings (SSSR count). The van der Waals surface area contributed by atoms with Gasteiger partial charge in [-0.3, -0.25) is 4.79 Å². The Balaban J connectivity index is 3.84. The maximum absolute atomic E-state index is 10.3. The lowest BCUT2D eigenvalue weighted by Gasteiger charge is -1.99. The van der Waals surface area contributed by atoms with E-state index in [0.717, 1.165) is 6.42 Å². The molecule has 0 saturated carbocycles. The zero-order valence-corrected chi connectivity index (χ0v) is 13.3. The molecular formula is C18H28O4. The third-order valence-electron chi connectivity index (χ3n) is 2.90. The zero-order valence-electron chi connectivity index (χ0n) is 13.3. The number of carboxylic acids is 1. The Morgan fingerprint density at radius 2 is 1.59 bits per heavy atom. The van der Waals surface area contributed by atoms with Crippen LogP contribution in [0, 0.1) is 0 Å². The average molecular weight is 308 g/mol. The van der Waals surface area contributed by atoms with Gasteiger partial charge in [-0.1, -0.05) is 68.4 Å². The Morgan fingerprint density at radius 1 is 0.955 bits per heavy atom. The molecule has 0 aromatic carbocycles. The van der Waals surface area contributed by atoms with Crippen molar-refractivity contribution in [2.75, 3.05) is 0 Å². The van der Waals surface area contributed by atoms with Gasteiger partial charge in [0.05, 0.1) is 18.6 Å². The van der Waals surface area contributed by atoms with E-state index in [1.54, 1.807) is 30.4 Å². The molecule has 0 aromatic heterocycles. The summed E-state index contributed by atoms with van der Waals surface area (Å²) in [5.41, 5.74) is 0. The van der Waals surface area contributed by atoms with Crippen LogP contribution < -0.4 is 0 Å². The second kappa shape index (κ2) is 14.3. The summed E-state index contributed by atoms with van der Waals surface area (Å²) in [5, 5.41) is 27.4. The van der Waals surface area contributed by atoms with Gasteiger partial charge >= 0.3 is 5.97 Å². The van der Waals surface area contributed by atoms with E-state index in [-0.39, 0.29) is 6.42 Å². The van der Waals surface area contributed by atoms with E-state index < -0.39 is 18.2 Å². The lowest BCUT2D eigenvalue weighted by Crippen LogP contribution is -2.09. The van der Waals surface area contributed by atoms with Gasteiger partial charge in [-0.15, -0.1) is 0 Å². The van der Waals surface area contributed by atoms with E-state index in [9.17, 15) is 15.0 Å². The lowest BCUT2D eigenvalue weighted by molar-refractivity contribution is -0.138. The molecule has 0 amide bonds. The van der Waals surface area contributed by atoms with Crippen LogP contribution in [-0.4, -0.2) is 33.5 Å². The van der Waals surface area contributed by atoms with Crippen molar-refractivity contribution in [3.05, 3.63) is 48.6 Å². The Labute approximate surface area is 133 Å². The summed E-state index contributed by atoms with van der Waals surface area (Å²) in [4.78, 5) is 10.3. The molecule has 0 aliphatic heterocycles. The van der Waals surface area contributed by atoms with Crippen LogP contribution in [0.25, 0.3) is 0 Å². The van der Waals surface area contributed by atoms with Gasteiger partial charge in [0.1, 0.15) is 0 Å². The number of aliphatic hydroxyl groups excluding tert-OH is 2. The summed E-state index contributed by atoms with van der Waals surface area (Å²) in [6.45, 7) is 2.17. The molecule has 0 radical (unpaired) electrons. The van der Waals surface area contributed by atoms with E-state index in [1.807, 2.05) is 6.08 Å².